The van der Waals surface area contributed by atoms with Crippen LogP contribution in [0.5, 0.6) is 0 Å². The SMILES string of the molecule is CC(=O)NC1C(O[C@@H]2OC(CO)[C@H](O)C(O)C2O[C@@H]2OC(C)[C@@H](O)C(O)C2O)[C@@H](O)C(CO)O[C@H]1OC1C(O)[C@H](O)OC(CO)[C@@H]1O. The number of rotatable bonds is 10. The largest absolute Gasteiger partial charge is 0.394 e. The minimum atomic E-state index is -1.94. The van der Waals surface area contributed by atoms with Crippen LogP contribution in [0.1, 0.15) is 13.8 Å². The number of carbonyl (C=O) groups excluding carboxylic acids is 1. The molecule has 12 unspecified atom stereocenters. The average molecular weight is 692 g/mol. The summed E-state index contributed by atoms with van der Waals surface area (Å²) in [6.07, 6.45) is -32.6. The van der Waals surface area contributed by atoms with Gasteiger partial charge in [0.15, 0.2) is 25.2 Å². The molecule has 4 rings (SSSR count). The van der Waals surface area contributed by atoms with E-state index in [4.69, 9.17) is 33.2 Å². The van der Waals surface area contributed by atoms with Crippen molar-refractivity contribution in [3.05, 3.63) is 0 Å². The van der Waals surface area contributed by atoms with Gasteiger partial charge in [0.2, 0.25) is 5.91 Å². The maximum atomic E-state index is 12.3. The van der Waals surface area contributed by atoms with Gasteiger partial charge < -0.3 is 99.8 Å². The number of carbonyl (C=O) groups is 1. The normalized spacial score (nSPS) is 51.0. The van der Waals surface area contributed by atoms with Gasteiger partial charge in [0.1, 0.15) is 91.5 Å². The lowest BCUT2D eigenvalue weighted by Gasteiger charge is -2.50. The number of ether oxygens (including phenoxy) is 7. The summed E-state index contributed by atoms with van der Waals surface area (Å²) in [5.74, 6) is -0.752. The van der Waals surface area contributed by atoms with Crippen molar-refractivity contribution in [3.63, 3.8) is 0 Å². The molecule has 0 aromatic carbocycles. The Kier molecular flexibility index (Phi) is 13.2. The fourth-order valence-electron chi connectivity index (χ4n) is 5.86. The van der Waals surface area contributed by atoms with E-state index in [1.165, 1.54) is 6.92 Å². The highest BCUT2D eigenvalue weighted by molar-refractivity contribution is 5.73. The Morgan fingerprint density at radius 2 is 1.06 bits per heavy atom. The molecule has 0 spiro atoms. The molecule has 0 aliphatic carbocycles. The lowest BCUT2D eigenvalue weighted by molar-refractivity contribution is -0.385. The van der Waals surface area contributed by atoms with Crippen LogP contribution in [-0.4, -0.2) is 210 Å². The maximum Gasteiger partial charge on any atom is 0.217 e. The standard InChI is InChI=1S/C26H45NO20/c1-6-12(32)16(36)18(38)25(41-6)47-22-17(37)13(33)8(3-28)44-26(22)45-20-11(27-7(2)31)24(43-10(5-30)14(20)34)46-21-15(35)9(4-29)42-23(40)19(21)39/h6,8-26,28-30,32-40H,3-5H2,1-2H3,(H,27,31)/t6?,8?,9?,10?,11?,12-,13+,14+,15+,16?,17?,18?,19?,20?,21?,22?,23-,24+,25+,26+/m1/s1. The van der Waals surface area contributed by atoms with E-state index in [-0.39, 0.29) is 0 Å². The Hall–Kier alpha value is -1.29. The van der Waals surface area contributed by atoms with E-state index in [1.807, 2.05) is 0 Å². The van der Waals surface area contributed by atoms with Crippen LogP contribution in [0.15, 0.2) is 0 Å². The second-order valence-electron chi connectivity index (χ2n) is 11.9. The minimum absolute atomic E-state index is 0.752. The van der Waals surface area contributed by atoms with Crippen molar-refractivity contribution in [2.75, 3.05) is 19.8 Å². The van der Waals surface area contributed by atoms with Crippen molar-refractivity contribution in [3.8, 4) is 0 Å². The van der Waals surface area contributed by atoms with Crippen molar-refractivity contribution in [1.82, 2.24) is 5.32 Å². The van der Waals surface area contributed by atoms with Gasteiger partial charge in [-0.05, 0) is 6.92 Å². The molecule has 21 nitrogen and oxygen atoms in total. The molecule has 0 radical (unpaired) electrons. The lowest BCUT2D eigenvalue weighted by atomic mass is 9.94. The summed E-state index contributed by atoms with van der Waals surface area (Å²) < 4.78 is 39.1. The van der Waals surface area contributed by atoms with E-state index in [2.05, 4.69) is 5.32 Å². The number of aliphatic hydroxyl groups excluding tert-OH is 12. The van der Waals surface area contributed by atoms with Crippen molar-refractivity contribution in [2.45, 2.75) is 137 Å². The first-order chi connectivity index (χ1) is 22.1. The van der Waals surface area contributed by atoms with Gasteiger partial charge in [-0.3, -0.25) is 4.79 Å². The summed E-state index contributed by atoms with van der Waals surface area (Å²) >= 11 is 0. The molecular weight excluding hydrogens is 646 g/mol. The van der Waals surface area contributed by atoms with Crippen LogP contribution in [0.2, 0.25) is 0 Å². The number of hydrogen-bond donors (Lipinski definition) is 13. The van der Waals surface area contributed by atoms with Gasteiger partial charge >= 0.3 is 0 Å². The van der Waals surface area contributed by atoms with Crippen LogP contribution in [0.4, 0.5) is 0 Å². The highest BCUT2D eigenvalue weighted by atomic mass is 16.8. The monoisotopic (exact) mass is 691 g/mol. The number of aliphatic hydroxyl groups is 12. The molecule has 20 atom stereocenters. The summed E-state index contributed by atoms with van der Waals surface area (Å²) in [5, 5.41) is 127. The Balaban J connectivity index is 1.66. The Morgan fingerprint density at radius 3 is 1.66 bits per heavy atom. The zero-order chi connectivity index (χ0) is 34.9. The number of nitrogens with one attached hydrogen (secondary N) is 1. The van der Waals surface area contributed by atoms with Gasteiger partial charge in [-0.2, -0.15) is 0 Å². The first kappa shape index (κ1) is 38.5. The first-order valence-electron chi connectivity index (χ1n) is 15.0. The van der Waals surface area contributed by atoms with Gasteiger partial charge in [-0.25, -0.2) is 0 Å². The highest BCUT2D eigenvalue weighted by Gasteiger charge is 2.55. The molecular formula is C26H45NO20. The summed E-state index contributed by atoms with van der Waals surface area (Å²) in [7, 11) is 0. The quantitative estimate of drug-likeness (QED) is 0.101. The van der Waals surface area contributed by atoms with Crippen molar-refractivity contribution in [2.24, 2.45) is 0 Å². The van der Waals surface area contributed by atoms with Crippen LogP contribution >= 0.6 is 0 Å². The van der Waals surface area contributed by atoms with E-state index in [9.17, 15) is 66.1 Å². The third kappa shape index (κ3) is 8.04. The maximum absolute atomic E-state index is 12.3. The predicted octanol–water partition coefficient (Wildman–Crippen LogP) is -8.58. The van der Waals surface area contributed by atoms with Crippen molar-refractivity contribution >= 4 is 5.91 Å². The number of amides is 1. The molecule has 13 N–H and O–H groups in total. The van der Waals surface area contributed by atoms with E-state index < -0.39 is 148 Å². The minimum Gasteiger partial charge on any atom is -0.394 e. The number of hydrogen-bond acceptors (Lipinski definition) is 20. The van der Waals surface area contributed by atoms with Gasteiger partial charge in [0.25, 0.3) is 0 Å². The molecule has 4 aliphatic rings. The third-order valence-electron chi connectivity index (χ3n) is 8.57. The lowest BCUT2D eigenvalue weighted by Crippen LogP contribution is -2.70. The van der Waals surface area contributed by atoms with Gasteiger partial charge in [-0.15, -0.1) is 0 Å². The molecule has 21 heteroatoms. The van der Waals surface area contributed by atoms with E-state index in [0.717, 1.165) is 6.92 Å². The summed E-state index contributed by atoms with van der Waals surface area (Å²) in [5.41, 5.74) is 0. The van der Waals surface area contributed by atoms with Gasteiger partial charge in [0.05, 0.1) is 25.9 Å². The molecule has 1 amide bonds. The van der Waals surface area contributed by atoms with E-state index >= 15 is 0 Å². The van der Waals surface area contributed by atoms with Gasteiger partial charge in [0, 0.05) is 6.92 Å². The molecule has 0 bridgehead atoms. The van der Waals surface area contributed by atoms with Crippen molar-refractivity contribution in [1.29, 1.82) is 0 Å². The molecule has 47 heavy (non-hydrogen) atoms. The Bertz CT molecular complexity index is 1010. The molecule has 4 fully saturated rings. The van der Waals surface area contributed by atoms with E-state index in [0.29, 0.717) is 0 Å². The predicted molar refractivity (Wildman–Crippen MR) is 144 cm³/mol. The second-order valence-corrected chi connectivity index (χ2v) is 11.9. The molecule has 0 aromatic heterocycles. The Morgan fingerprint density at radius 1 is 0.553 bits per heavy atom. The van der Waals surface area contributed by atoms with Crippen LogP contribution < -0.4 is 5.32 Å². The smallest absolute Gasteiger partial charge is 0.217 e. The van der Waals surface area contributed by atoms with Gasteiger partial charge in [-0.1, -0.05) is 0 Å². The van der Waals surface area contributed by atoms with Crippen LogP contribution in [-0.2, 0) is 38.0 Å². The summed E-state index contributed by atoms with van der Waals surface area (Å²) in [4.78, 5) is 12.3. The molecule has 4 aliphatic heterocycles. The second kappa shape index (κ2) is 16.2. The fraction of sp³-hybridized carbons (Fsp3) is 0.962. The molecule has 4 saturated heterocycles. The zero-order valence-electron chi connectivity index (χ0n) is 25.3. The topological polar surface area (TPSA) is 336 Å². The van der Waals surface area contributed by atoms with Crippen LogP contribution in [0.3, 0.4) is 0 Å². The molecule has 0 saturated carbocycles. The van der Waals surface area contributed by atoms with Crippen LogP contribution in [0, 0.1) is 0 Å². The third-order valence-corrected chi connectivity index (χ3v) is 8.57. The average Bonchev–Trinajstić information content (AvgIpc) is 3.03. The summed E-state index contributed by atoms with van der Waals surface area (Å²) in [6, 6.07) is -1.59. The highest BCUT2D eigenvalue weighted by Crippen LogP contribution is 2.34. The first-order valence-corrected chi connectivity index (χ1v) is 15.0. The van der Waals surface area contributed by atoms with Crippen molar-refractivity contribution < 1.29 is 99.2 Å². The zero-order valence-corrected chi connectivity index (χ0v) is 25.3. The fourth-order valence-corrected chi connectivity index (χ4v) is 5.86. The Labute approximate surface area is 267 Å². The molecule has 274 valence electrons. The van der Waals surface area contributed by atoms with E-state index in [1.54, 1.807) is 0 Å². The molecule has 4 heterocycles. The van der Waals surface area contributed by atoms with Crippen LogP contribution in [0.25, 0.3) is 0 Å². The summed E-state index contributed by atoms with van der Waals surface area (Å²) in [6.45, 7) is -0.130. The molecule has 0 aromatic rings.